The van der Waals surface area contributed by atoms with Crippen LogP contribution < -0.4 is 10.1 Å². The number of halogens is 1. The number of para-hydroxylation sites is 2. The van der Waals surface area contributed by atoms with Crippen LogP contribution in [0.25, 0.3) is 0 Å². The number of ether oxygens (including phenoxy) is 1. The molecule has 0 saturated carbocycles. The SMILES string of the molecule is CCCCCCCN1C(=O)CC(C(=O)Nc2ccccc2OC)SC1=Nc1ccc(F)cc1. The normalized spacial score (nSPS) is 17.3. The molecule has 0 aromatic heterocycles. The second-order valence-corrected chi connectivity index (χ2v) is 9.00. The number of aliphatic imine (C=N–C) groups is 1. The van der Waals surface area contributed by atoms with Crippen LogP contribution in [0.1, 0.15) is 45.4 Å². The van der Waals surface area contributed by atoms with Gasteiger partial charge in [0.05, 0.1) is 18.5 Å². The van der Waals surface area contributed by atoms with Crippen LogP contribution in [0.2, 0.25) is 0 Å². The van der Waals surface area contributed by atoms with Crippen molar-refractivity contribution in [3.63, 3.8) is 0 Å². The maximum Gasteiger partial charge on any atom is 0.238 e. The second-order valence-electron chi connectivity index (χ2n) is 7.83. The zero-order chi connectivity index (χ0) is 23.6. The Hall–Kier alpha value is -2.87. The van der Waals surface area contributed by atoms with Gasteiger partial charge in [-0.2, -0.15) is 0 Å². The Morgan fingerprint density at radius 3 is 2.61 bits per heavy atom. The fourth-order valence-corrected chi connectivity index (χ4v) is 4.65. The third-order valence-corrected chi connectivity index (χ3v) is 6.52. The Balaban J connectivity index is 1.77. The number of nitrogens with zero attached hydrogens (tertiary/aromatic N) is 2. The number of hydrogen-bond donors (Lipinski definition) is 1. The van der Waals surface area contributed by atoms with Crippen LogP contribution in [-0.2, 0) is 9.59 Å². The van der Waals surface area contributed by atoms with Gasteiger partial charge in [0.15, 0.2) is 5.17 Å². The summed E-state index contributed by atoms with van der Waals surface area (Å²) in [5, 5.41) is 2.70. The molecule has 0 bridgehead atoms. The molecule has 2 aromatic rings. The molecule has 176 valence electrons. The molecule has 1 atom stereocenters. The van der Waals surface area contributed by atoms with Gasteiger partial charge in [0, 0.05) is 13.0 Å². The predicted molar refractivity (Wildman–Crippen MR) is 132 cm³/mol. The number of amides is 2. The summed E-state index contributed by atoms with van der Waals surface area (Å²) in [5.41, 5.74) is 1.09. The summed E-state index contributed by atoms with van der Waals surface area (Å²) in [6, 6.07) is 12.9. The number of amidine groups is 1. The number of hydrogen-bond acceptors (Lipinski definition) is 5. The topological polar surface area (TPSA) is 71.0 Å². The first-order chi connectivity index (χ1) is 16.0. The highest BCUT2D eigenvalue weighted by atomic mass is 32.2. The van der Waals surface area contributed by atoms with E-state index in [1.165, 1.54) is 37.4 Å². The number of thioether (sulfide) groups is 1. The van der Waals surface area contributed by atoms with Gasteiger partial charge in [-0.3, -0.25) is 14.5 Å². The van der Waals surface area contributed by atoms with Crippen molar-refractivity contribution in [2.24, 2.45) is 4.99 Å². The summed E-state index contributed by atoms with van der Waals surface area (Å²) in [4.78, 5) is 32.3. The lowest BCUT2D eigenvalue weighted by molar-refractivity contribution is -0.129. The minimum Gasteiger partial charge on any atom is -0.495 e. The van der Waals surface area contributed by atoms with E-state index in [1.807, 2.05) is 6.07 Å². The Bertz CT molecular complexity index is 981. The Morgan fingerprint density at radius 1 is 1.15 bits per heavy atom. The van der Waals surface area contributed by atoms with E-state index < -0.39 is 5.25 Å². The summed E-state index contributed by atoms with van der Waals surface area (Å²) in [5.74, 6) is -0.224. The summed E-state index contributed by atoms with van der Waals surface area (Å²) in [7, 11) is 1.54. The molecule has 2 aromatic carbocycles. The highest BCUT2D eigenvalue weighted by Gasteiger charge is 2.36. The first-order valence-corrected chi connectivity index (χ1v) is 12.1. The lowest BCUT2D eigenvalue weighted by Crippen LogP contribution is -2.45. The van der Waals surface area contributed by atoms with Crippen LogP contribution >= 0.6 is 11.8 Å². The molecular formula is C25H30FN3O3S. The van der Waals surface area contributed by atoms with Gasteiger partial charge >= 0.3 is 0 Å². The molecule has 1 fully saturated rings. The Kier molecular flexibility index (Phi) is 9.30. The van der Waals surface area contributed by atoms with Crippen LogP contribution in [0, 0.1) is 5.82 Å². The summed E-state index contributed by atoms with van der Waals surface area (Å²) < 4.78 is 18.6. The number of rotatable bonds is 10. The van der Waals surface area contributed by atoms with Crippen LogP contribution in [-0.4, -0.2) is 40.8 Å². The summed E-state index contributed by atoms with van der Waals surface area (Å²) in [6.07, 6.45) is 5.43. The van der Waals surface area contributed by atoms with Gasteiger partial charge in [-0.25, -0.2) is 9.38 Å². The molecule has 1 aliphatic heterocycles. The fraction of sp³-hybridized carbons (Fsp3) is 0.400. The van der Waals surface area contributed by atoms with Crippen molar-refractivity contribution in [2.75, 3.05) is 19.0 Å². The van der Waals surface area contributed by atoms with E-state index in [9.17, 15) is 14.0 Å². The number of nitrogens with one attached hydrogen (secondary N) is 1. The van der Waals surface area contributed by atoms with Crippen LogP contribution in [0.15, 0.2) is 53.5 Å². The van der Waals surface area contributed by atoms with Crippen molar-refractivity contribution in [1.29, 1.82) is 0 Å². The molecule has 1 heterocycles. The van der Waals surface area contributed by atoms with Crippen molar-refractivity contribution in [3.05, 3.63) is 54.3 Å². The average Bonchev–Trinajstić information content (AvgIpc) is 2.82. The lowest BCUT2D eigenvalue weighted by Gasteiger charge is -2.32. The van der Waals surface area contributed by atoms with E-state index in [0.717, 1.165) is 25.7 Å². The van der Waals surface area contributed by atoms with E-state index in [4.69, 9.17) is 4.74 Å². The van der Waals surface area contributed by atoms with Crippen molar-refractivity contribution in [2.45, 2.75) is 50.7 Å². The van der Waals surface area contributed by atoms with Crippen molar-refractivity contribution < 1.29 is 18.7 Å². The third kappa shape index (κ3) is 7.05. The van der Waals surface area contributed by atoms with Gasteiger partial charge < -0.3 is 10.1 Å². The molecule has 33 heavy (non-hydrogen) atoms. The molecule has 0 spiro atoms. The molecule has 1 aliphatic rings. The molecular weight excluding hydrogens is 441 g/mol. The van der Waals surface area contributed by atoms with Crippen molar-refractivity contribution in [3.8, 4) is 5.75 Å². The highest BCUT2D eigenvalue weighted by molar-refractivity contribution is 8.15. The van der Waals surface area contributed by atoms with Gasteiger partial charge in [0.1, 0.15) is 16.8 Å². The minimum absolute atomic E-state index is 0.0864. The molecule has 2 amide bonds. The van der Waals surface area contributed by atoms with Crippen LogP contribution in [0.3, 0.4) is 0 Å². The molecule has 0 aliphatic carbocycles. The maximum absolute atomic E-state index is 13.3. The van der Waals surface area contributed by atoms with E-state index in [1.54, 1.807) is 35.2 Å². The van der Waals surface area contributed by atoms with Crippen LogP contribution in [0.4, 0.5) is 15.8 Å². The Labute approximate surface area is 198 Å². The number of carbonyl (C=O) groups excluding carboxylic acids is 2. The molecule has 3 rings (SSSR count). The number of benzene rings is 2. The standard InChI is InChI=1S/C25H30FN3O3S/c1-3-4-5-6-9-16-29-23(30)17-22(24(31)28-20-10-7-8-11-21(20)32-2)33-25(29)27-19-14-12-18(26)13-15-19/h7-8,10-15,22H,3-6,9,16-17H2,1-2H3,(H,28,31). The van der Waals surface area contributed by atoms with Crippen molar-refractivity contribution >= 4 is 40.1 Å². The van der Waals surface area contributed by atoms with Gasteiger partial charge in [-0.15, -0.1) is 0 Å². The molecule has 1 unspecified atom stereocenters. The van der Waals surface area contributed by atoms with Gasteiger partial charge in [0.25, 0.3) is 0 Å². The molecule has 1 N–H and O–H groups in total. The van der Waals surface area contributed by atoms with E-state index in [-0.39, 0.29) is 24.1 Å². The van der Waals surface area contributed by atoms with E-state index >= 15 is 0 Å². The highest BCUT2D eigenvalue weighted by Crippen LogP contribution is 2.31. The smallest absolute Gasteiger partial charge is 0.238 e. The van der Waals surface area contributed by atoms with E-state index in [2.05, 4.69) is 17.2 Å². The second kappa shape index (κ2) is 12.4. The number of unbranched alkanes of at least 4 members (excludes halogenated alkanes) is 4. The first-order valence-electron chi connectivity index (χ1n) is 11.3. The van der Waals surface area contributed by atoms with Gasteiger partial charge in [-0.05, 0) is 42.8 Å². The molecule has 8 heteroatoms. The Morgan fingerprint density at radius 2 is 1.88 bits per heavy atom. The monoisotopic (exact) mass is 471 g/mol. The maximum atomic E-state index is 13.3. The van der Waals surface area contributed by atoms with Gasteiger partial charge in [-0.1, -0.05) is 56.5 Å². The zero-order valence-electron chi connectivity index (χ0n) is 19.1. The minimum atomic E-state index is -0.627. The quantitative estimate of drug-likeness (QED) is 0.447. The largest absolute Gasteiger partial charge is 0.495 e. The summed E-state index contributed by atoms with van der Waals surface area (Å²) >= 11 is 1.26. The van der Waals surface area contributed by atoms with Gasteiger partial charge in [0.2, 0.25) is 11.8 Å². The number of methoxy groups -OCH3 is 1. The first kappa shape index (κ1) is 24.8. The number of anilines is 1. The van der Waals surface area contributed by atoms with Crippen molar-refractivity contribution in [1.82, 2.24) is 4.90 Å². The zero-order valence-corrected chi connectivity index (χ0v) is 19.9. The lowest BCUT2D eigenvalue weighted by atomic mass is 10.1. The molecule has 6 nitrogen and oxygen atoms in total. The third-order valence-electron chi connectivity index (χ3n) is 5.33. The average molecular weight is 472 g/mol. The molecule has 1 saturated heterocycles. The predicted octanol–water partition coefficient (Wildman–Crippen LogP) is 5.77. The fourth-order valence-electron chi connectivity index (χ4n) is 3.52. The summed E-state index contributed by atoms with van der Waals surface area (Å²) in [6.45, 7) is 2.71. The molecule has 0 radical (unpaired) electrons. The number of carbonyl (C=O) groups is 2. The van der Waals surface area contributed by atoms with E-state index in [0.29, 0.717) is 28.8 Å². The van der Waals surface area contributed by atoms with Crippen LogP contribution in [0.5, 0.6) is 5.75 Å².